The van der Waals surface area contributed by atoms with Gasteiger partial charge in [0.25, 0.3) is 0 Å². The minimum Gasteiger partial charge on any atom is -0.375 e. The van der Waals surface area contributed by atoms with E-state index in [-0.39, 0.29) is 10.9 Å². The molecule has 0 saturated heterocycles. The summed E-state index contributed by atoms with van der Waals surface area (Å²) in [6, 6.07) is 0. The molecule has 14 heavy (non-hydrogen) atoms. The van der Waals surface area contributed by atoms with Gasteiger partial charge in [0.1, 0.15) is 4.95 Å². The molecular weight excluding hydrogens is 244 g/mol. The summed E-state index contributed by atoms with van der Waals surface area (Å²) in [5, 5.41) is 3.11. The number of carbonyl (C=O) groups excluding carboxylic acids is 1. The number of nitrogens with two attached hydrogens (primary N) is 1. The first-order valence-corrected chi connectivity index (χ1v) is 5.74. The number of fused-ring (bicyclic) bond motifs is 1. The summed E-state index contributed by atoms with van der Waals surface area (Å²) in [7, 11) is 0. The van der Waals surface area contributed by atoms with Gasteiger partial charge in [-0.15, -0.1) is 0 Å². The Balaban J connectivity index is 2.41. The summed E-state index contributed by atoms with van der Waals surface area (Å²) in [5.74, 6) is -0.318. The molecule has 2 rings (SSSR count). The Labute approximate surface area is 91.6 Å². The molecule has 0 aromatic carbocycles. The molecule has 1 saturated carbocycles. The van der Waals surface area contributed by atoms with E-state index in [0.717, 1.165) is 24.8 Å². The first kappa shape index (κ1) is 9.77. The Bertz CT molecular complexity index is 333. The normalized spacial score (nSPS) is 26.4. The van der Waals surface area contributed by atoms with Crippen LogP contribution in [-0.4, -0.2) is 10.9 Å². The Kier molecular flexibility index (Phi) is 2.63. The lowest BCUT2D eigenvalue weighted by atomic mass is 9.85. The number of nitrogens with one attached hydrogen (secondary N) is 1. The van der Waals surface area contributed by atoms with E-state index in [0.29, 0.717) is 5.57 Å². The summed E-state index contributed by atoms with van der Waals surface area (Å²) in [6.45, 7) is 0. The van der Waals surface area contributed by atoms with Crippen LogP contribution in [0, 0.1) is 0 Å². The SMILES string of the molecule is NC(=O)C1=C2CCCCC2=CNC1Br. The van der Waals surface area contributed by atoms with Crippen LogP contribution in [-0.2, 0) is 4.79 Å². The predicted molar refractivity (Wildman–Crippen MR) is 58.6 cm³/mol. The quantitative estimate of drug-likeness (QED) is 0.553. The highest BCUT2D eigenvalue weighted by Crippen LogP contribution is 2.35. The van der Waals surface area contributed by atoms with Crippen molar-refractivity contribution in [2.75, 3.05) is 0 Å². The third-order valence-corrected chi connectivity index (χ3v) is 3.48. The lowest BCUT2D eigenvalue weighted by molar-refractivity contribution is -0.114. The second kappa shape index (κ2) is 3.77. The molecule has 1 unspecified atom stereocenters. The largest absolute Gasteiger partial charge is 0.375 e. The van der Waals surface area contributed by atoms with Crippen LogP contribution in [0.5, 0.6) is 0 Å². The van der Waals surface area contributed by atoms with Crippen LogP contribution in [0.3, 0.4) is 0 Å². The van der Waals surface area contributed by atoms with Gasteiger partial charge in [0, 0.05) is 6.20 Å². The van der Waals surface area contributed by atoms with Gasteiger partial charge in [-0.1, -0.05) is 15.9 Å². The number of rotatable bonds is 1. The smallest absolute Gasteiger partial charge is 0.247 e. The van der Waals surface area contributed by atoms with Crippen molar-refractivity contribution in [2.45, 2.75) is 30.6 Å². The van der Waals surface area contributed by atoms with Gasteiger partial charge in [0.05, 0.1) is 5.57 Å². The van der Waals surface area contributed by atoms with Crippen LogP contribution >= 0.6 is 15.9 Å². The monoisotopic (exact) mass is 256 g/mol. The Morgan fingerprint density at radius 3 is 2.93 bits per heavy atom. The van der Waals surface area contributed by atoms with E-state index in [2.05, 4.69) is 21.2 Å². The highest BCUT2D eigenvalue weighted by atomic mass is 79.9. The zero-order valence-electron chi connectivity index (χ0n) is 7.85. The van der Waals surface area contributed by atoms with Gasteiger partial charge in [-0.05, 0) is 36.8 Å². The minimum atomic E-state index is -0.318. The van der Waals surface area contributed by atoms with Crippen LogP contribution in [0.1, 0.15) is 25.7 Å². The molecule has 0 radical (unpaired) electrons. The molecule has 4 heteroatoms. The number of carbonyl (C=O) groups is 1. The molecule has 0 spiro atoms. The third kappa shape index (κ3) is 1.59. The second-order valence-electron chi connectivity index (χ2n) is 3.66. The molecule has 3 N–H and O–H groups in total. The fraction of sp³-hybridized carbons (Fsp3) is 0.500. The Morgan fingerprint density at radius 1 is 1.50 bits per heavy atom. The molecule has 1 amide bonds. The standard InChI is InChI=1S/C10H13BrN2O/c11-9-8(10(12)14)7-4-2-1-3-6(7)5-13-9/h5,9,13H,1-4H2,(H2,12,14). The van der Waals surface area contributed by atoms with Crippen LogP contribution < -0.4 is 11.1 Å². The Morgan fingerprint density at radius 2 is 2.21 bits per heavy atom. The van der Waals surface area contributed by atoms with Crippen molar-refractivity contribution in [1.82, 2.24) is 5.32 Å². The molecular formula is C10H13BrN2O. The maximum atomic E-state index is 11.3. The second-order valence-corrected chi connectivity index (χ2v) is 4.58. The molecule has 1 aliphatic carbocycles. The fourth-order valence-corrected chi connectivity index (χ4v) is 2.71. The van der Waals surface area contributed by atoms with E-state index < -0.39 is 0 Å². The van der Waals surface area contributed by atoms with Crippen molar-refractivity contribution in [3.05, 3.63) is 22.9 Å². The van der Waals surface area contributed by atoms with Crippen LogP contribution in [0.4, 0.5) is 0 Å². The first-order chi connectivity index (χ1) is 6.70. The summed E-state index contributed by atoms with van der Waals surface area (Å²) in [6.07, 6.45) is 6.40. The number of amides is 1. The number of primary amides is 1. The summed E-state index contributed by atoms with van der Waals surface area (Å²) in [5.41, 5.74) is 8.49. The van der Waals surface area contributed by atoms with Gasteiger partial charge in [0.15, 0.2) is 0 Å². The van der Waals surface area contributed by atoms with Crippen molar-refractivity contribution in [2.24, 2.45) is 5.73 Å². The molecule has 0 aromatic heterocycles. The average Bonchev–Trinajstić information content (AvgIpc) is 2.17. The fourth-order valence-electron chi connectivity index (χ4n) is 2.08. The maximum absolute atomic E-state index is 11.3. The van der Waals surface area contributed by atoms with Crippen LogP contribution in [0.2, 0.25) is 0 Å². The summed E-state index contributed by atoms with van der Waals surface area (Å²) < 4.78 is 0. The first-order valence-electron chi connectivity index (χ1n) is 4.82. The number of halogens is 1. The minimum absolute atomic E-state index is 0.114. The summed E-state index contributed by atoms with van der Waals surface area (Å²) >= 11 is 3.40. The van der Waals surface area contributed by atoms with Gasteiger partial charge in [-0.3, -0.25) is 4.79 Å². The molecule has 1 fully saturated rings. The number of hydrogen-bond donors (Lipinski definition) is 2. The van der Waals surface area contributed by atoms with E-state index in [1.165, 1.54) is 12.0 Å². The van der Waals surface area contributed by atoms with Crippen molar-refractivity contribution in [3.63, 3.8) is 0 Å². The highest BCUT2D eigenvalue weighted by molar-refractivity contribution is 9.09. The molecule has 1 heterocycles. The topological polar surface area (TPSA) is 55.1 Å². The molecule has 1 atom stereocenters. The van der Waals surface area contributed by atoms with Gasteiger partial charge < -0.3 is 11.1 Å². The summed E-state index contributed by atoms with van der Waals surface area (Å²) in [4.78, 5) is 11.2. The average molecular weight is 257 g/mol. The van der Waals surface area contributed by atoms with E-state index in [9.17, 15) is 4.79 Å². The Hall–Kier alpha value is -0.770. The number of allylic oxidation sites excluding steroid dienone is 2. The van der Waals surface area contributed by atoms with Gasteiger partial charge in [-0.2, -0.15) is 0 Å². The number of alkyl halides is 1. The van der Waals surface area contributed by atoms with Crippen molar-refractivity contribution >= 4 is 21.8 Å². The van der Waals surface area contributed by atoms with Crippen LogP contribution in [0.15, 0.2) is 22.9 Å². The van der Waals surface area contributed by atoms with Crippen molar-refractivity contribution < 1.29 is 4.79 Å². The molecule has 76 valence electrons. The van der Waals surface area contributed by atoms with E-state index in [1.807, 2.05) is 6.20 Å². The van der Waals surface area contributed by atoms with Gasteiger partial charge >= 0.3 is 0 Å². The number of hydrogen-bond acceptors (Lipinski definition) is 2. The van der Waals surface area contributed by atoms with Gasteiger partial charge in [0.2, 0.25) is 5.91 Å². The zero-order valence-corrected chi connectivity index (χ0v) is 9.43. The van der Waals surface area contributed by atoms with Gasteiger partial charge in [-0.25, -0.2) is 0 Å². The highest BCUT2D eigenvalue weighted by Gasteiger charge is 2.27. The zero-order chi connectivity index (χ0) is 10.1. The van der Waals surface area contributed by atoms with E-state index in [1.54, 1.807) is 0 Å². The number of dihydropyridines is 1. The molecule has 0 bridgehead atoms. The van der Waals surface area contributed by atoms with Crippen molar-refractivity contribution in [3.8, 4) is 0 Å². The molecule has 3 nitrogen and oxygen atoms in total. The maximum Gasteiger partial charge on any atom is 0.247 e. The predicted octanol–water partition coefficient (Wildman–Crippen LogP) is 1.55. The van der Waals surface area contributed by atoms with E-state index in [4.69, 9.17) is 5.73 Å². The lowest BCUT2D eigenvalue weighted by Crippen LogP contribution is -2.34. The van der Waals surface area contributed by atoms with Crippen molar-refractivity contribution in [1.29, 1.82) is 0 Å². The molecule has 1 aliphatic heterocycles. The molecule has 0 aromatic rings. The third-order valence-electron chi connectivity index (χ3n) is 2.76. The van der Waals surface area contributed by atoms with E-state index >= 15 is 0 Å². The lowest BCUT2D eigenvalue weighted by Gasteiger charge is -2.28. The van der Waals surface area contributed by atoms with Crippen LogP contribution in [0.25, 0.3) is 0 Å². The molecule has 2 aliphatic rings.